The third-order valence-corrected chi connectivity index (χ3v) is 4.94. The first kappa shape index (κ1) is 15.7. The molecule has 0 nitrogen and oxygen atoms in total. The largest absolute Gasteiger partial charge is 0.113 e. The first-order valence-electron chi connectivity index (χ1n) is 6.49. The Balaban J connectivity index is 2.65. The molecule has 0 aliphatic rings. The van der Waals surface area contributed by atoms with Gasteiger partial charge in [0, 0.05) is 10.0 Å². The Hall–Kier alpha value is -0.690. The number of hydrogen-bond donors (Lipinski definition) is 0. The van der Waals surface area contributed by atoms with Crippen molar-refractivity contribution in [2.75, 3.05) is 0 Å². The van der Waals surface area contributed by atoms with Gasteiger partial charge < -0.3 is 0 Å². The molecule has 0 heterocycles. The highest BCUT2D eigenvalue weighted by Gasteiger charge is 2.20. The van der Waals surface area contributed by atoms with Crippen molar-refractivity contribution in [3.8, 4) is 0 Å². The Morgan fingerprint density at radius 3 is 1.95 bits per heavy atom. The third kappa shape index (κ3) is 2.83. The van der Waals surface area contributed by atoms with E-state index in [0.717, 1.165) is 11.1 Å². The molecular weight excluding hydrogens is 311 g/mol. The summed E-state index contributed by atoms with van der Waals surface area (Å²) in [6.45, 7) is 8.42. The Kier molecular flexibility index (Phi) is 4.69. The van der Waals surface area contributed by atoms with Gasteiger partial charge >= 0.3 is 0 Å². The number of hydrogen-bond acceptors (Lipinski definition) is 0. The molecule has 0 spiro atoms. The molecule has 3 heteroatoms. The molecule has 0 radical (unpaired) electrons. The molecule has 0 saturated heterocycles. The summed E-state index contributed by atoms with van der Waals surface area (Å²) in [5, 5.41) is 1.00. The molecule has 1 unspecified atom stereocenters. The van der Waals surface area contributed by atoms with Gasteiger partial charge in [0.25, 0.3) is 0 Å². The molecule has 0 aromatic heterocycles. The molecule has 0 amide bonds. The first-order chi connectivity index (χ1) is 9.32. The molecule has 0 aliphatic carbocycles. The van der Waals surface area contributed by atoms with Gasteiger partial charge in [0.15, 0.2) is 0 Å². The fourth-order valence-corrected chi connectivity index (χ4v) is 3.46. The zero-order valence-electron chi connectivity index (χ0n) is 12.0. The third-order valence-electron chi connectivity index (χ3n) is 3.91. The standard InChI is InChI=1S/C17H17Cl3/c1-9-7-10(2)12(4)16(11(9)3)17(20)14-8-13(18)5-6-15(14)19/h5-8,17H,1-4H3. The zero-order valence-corrected chi connectivity index (χ0v) is 14.3. The van der Waals surface area contributed by atoms with Crippen molar-refractivity contribution in [3.05, 3.63) is 67.7 Å². The topological polar surface area (TPSA) is 0 Å². The van der Waals surface area contributed by atoms with Crippen molar-refractivity contribution in [2.45, 2.75) is 33.1 Å². The van der Waals surface area contributed by atoms with E-state index < -0.39 is 0 Å². The lowest BCUT2D eigenvalue weighted by molar-refractivity contribution is 1.05. The lowest BCUT2D eigenvalue weighted by Crippen LogP contribution is -2.04. The summed E-state index contributed by atoms with van der Waals surface area (Å²) >= 11 is 19.1. The van der Waals surface area contributed by atoms with Crippen LogP contribution in [0.15, 0.2) is 24.3 Å². The van der Waals surface area contributed by atoms with Gasteiger partial charge in [0.1, 0.15) is 0 Å². The maximum absolute atomic E-state index is 6.72. The molecule has 2 aromatic carbocycles. The smallest absolute Gasteiger partial charge is 0.0855 e. The first-order valence-corrected chi connectivity index (χ1v) is 7.68. The minimum absolute atomic E-state index is 0.292. The van der Waals surface area contributed by atoms with Crippen LogP contribution in [0, 0.1) is 27.7 Å². The maximum Gasteiger partial charge on any atom is 0.0855 e. The number of benzene rings is 2. The second kappa shape index (κ2) is 5.97. The predicted molar refractivity (Wildman–Crippen MR) is 89.5 cm³/mol. The highest BCUT2D eigenvalue weighted by molar-refractivity contribution is 6.35. The van der Waals surface area contributed by atoms with Crippen LogP contribution in [0.2, 0.25) is 10.0 Å². The minimum Gasteiger partial charge on any atom is -0.113 e. The van der Waals surface area contributed by atoms with Crippen LogP contribution in [0.3, 0.4) is 0 Å². The van der Waals surface area contributed by atoms with Crippen molar-refractivity contribution < 1.29 is 0 Å². The number of aryl methyl sites for hydroxylation is 2. The average molecular weight is 328 g/mol. The number of halogens is 3. The molecule has 2 aromatic rings. The van der Waals surface area contributed by atoms with E-state index in [1.54, 1.807) is 12.1 Å². The monoisotopic (exact) mass is 326 g/mol. The van der Waals surface area contributed by atoms with E-state index in [4.69, 9.17) is 34.8 Å². The fourth-order valence-electron chi connectivity index (χ4n) is 2.49. The molecule has 0 bridgehead atoms. The van der Waals surface area contributed by atoms with Gasteiger partial charge in [-0.1, -0.05) is 29.3 Å². The van der Waals surface area contributed by atoms with E-state index in [1.807, 2.05) is 6.07 Å². The minimum atomic E-state index is -0.292. The van der Waals surface area contributed by atoms with E-state index >= 15 is 0 Å². The highest BCUT2D eigenvalue weighted by Crippen LogP contribution is 2.39. The Morgan fingerprint density at radius 2 is 1.40 bits per heavy atom. The van der Waals surface area contributed by atoms with Crippen LogP contribution in [0.5, 0.6) is 0 Å². The van der Waals surface area contributed by atoms with Crippen molar-refractivity contribution in [3.63, 3.8) is 0 Å². The normalized spacial score (nSPS) is 12.6. The molecule has 2 rings (SSSR count). The molecule has 106 valence electrons. The van der Waals surface area contributed by atoms with Crippen LogP contribution in [0.1, 0.15) is 38.8 Å². The van der Waals surface area contributed by atoms with Gasteiger partial charge in [-0.3, -0.25) is 0 Å². The summed E-state index contributed by atoms with van der Waals surface area (Å²) in [6.07, 6.45) is 0. The van der Waals surface area contributed by atoms with Gasteiger partial charge in [-0.25, -0.2) is 0 Å². The Labute approximate surface area is 135 Å². The lowest BCUT2D eigenvalue weighted by atomic mass is 9.90. The summed E-state index contributed by atoms with van der Waals surface area (Å²) in [4.78, 5) is 0. The van der Waals surface area contributed by atoms with Gasteiger partial charge in [0.2, 0.25) is 0 Å². The van der Waals surface area contributed by atoms with Gasteiger partial charge in [-0.15, -0.1) is 11.6 Å². The summed E-state index contributed by atoms with van der Waals surface area (Å²) < 4.78 is 0. The van der Waals surface area contributed by atoms with E-state index in [0.29, 0.717) is 10.0 Å². The summed E-state index contributed by atoms with van der Waals surface area (Å²) in [7, 11) is 0. The maximum atomic E-state index is 6.72. The van der Waals surface area contributed by atoms with Crippen LogP contribution in [0.4, 0.5) is 0 Å². The fraction of sp³-hybridized carbons (Fsp3) is 0.294. The summed E-state index contributed by atoms with van der Waals surface area (Å²) in [6, 6.07) is 7.61. The molecular formula is C17H17Cl3. The number of alkyl halides is 1. The van der Waals surface area contributed by atoms with E-state index in [1.165, 1.54) is 22.3 Å². The van der Waals surface area contributed by atoms with Gasteiger partial charge in [0.05, 0.1) is 5.38 Å². The Morgan fingerprint density at radius 1 is 0.850 bits per heavy atom. The second-order valence-electron chi connectivity index (χ2n) is 5.20. The van der Waals surface area contributed by atoms with Crippen LogP contribution in [-0.4, -0.2) is 0 Å². The average Bonchev–Trinajstić information content (AvgIpc) is 2.39. The molecule has 20 heavy (non-hydrogen) atoms. The van der Waals surface area contributed by atoms with Crippen molar-refractivity contribution in [1.29, 1.82) is 0 Å². The quantitative estimate of drug-likeness (QED) is 0.548. The van der Waals surface area contributed by atoms with E-state index in [2.05, 4.69) is 33.8 Å². The lowest BCUT2D eigenvalue weighted by Gasteiger charge is -2.21. The molecule has 0 fully saturated rings. The molecule has 0 N–H and O–H groups in total. The van der Waals surface area contributed by atoms with Crippen LogP contribution < -0.4 is 0 Å². The summed E-state index contributed by atoms with van der Waals surface area (Å²) in [5.74, 6) is 0. The van der Waals surface area contributed by atoms with Crippen LogP contribution in [0.25, 0.3) is 0 Å². The second-order valence-corrected chi connectivity index (χ2v) is 6.48. The van der Waals surface area contributed by atoms with Crippen molar-refractivity contribution >= 4 is 34.8 Å². The van der Waals surface area contributed by atoms with E-state index in [-0.39, 0.29) is 5.38 Å². The van der Waals surface area contributed by atoms with Crippen molar-refractivity contribution in [1.82, 2.24) is 0 Å². The van der Waals surface area contributed by atoms with Gasteiger partial charge in [-0.2, -0.15) is 0 Å². The highest BCUT2D eigenvalue weighted by atomic mass is 35.5. The predicted octanol–water partition coefficient (Wildman–Crippen LogP) is 6.56. The Bertz CT molecular complexity index is 634. The van der Waals surface area contributed by atoms with Crippen LogP contribution in [-0.2, 0) is 0 Å². The van der Waals surface area contributed by atoms with Crippen LogP contribution >= 0.6 is 34.8 Å². The SMILES string of the molecule is Cc1cc(C)c(C)c(C(Cl)c2cc(Cl)ccc2Cl)c1C. The molecule has 0 saturated carbocycles. The summed E-state index contributed by atoms with van der Waals surface area (Å²) in [5.41, 5.74) is 6.90. The zero-order chi connectivity index (χ0) is 15.0. The van der Waals surface area contributed by atoms with Gasteiger partial charge in [-0.05, 0) is 79.3 Å². The molecule has 0 aliphatic heterocycles. The van der Waals surface area contributed by atoms with Crippen molar-refractivity contribution in [2.24, 2.45) is 0 Å². The van der Waals surface area contributed by atoms with E-state index in [9.17, 15) is 0 Å². The molecule has 1 atom stereocenters. The number of rotatable bonds is 2.